The Morgan fingerprint density at radius 2 is 0.707 bits per heavy atom. The van der Waals surface area contributed by atoms with Gasteiger partial charge >= 0.3 is 0 Å². The van der Waals surface area contributed by atoms with E-state index in [0.717, 1.165) is 0 Å². The van der Waals surface area contributed by atoms with Crippen molar-refractivity contribution >= 4 is 80.7 Å². The molecular formula is C47H49Cl4N5O2. The molecule has 2 aliphatic carbocycles. The number of Topliss-reactive ketones (excluding diaryl/α,β-unsaturated/α-hetero) is 2. The number of hydrogen-bond acceptors (Lipinski definition) is 7. The van der Waals surface area contributed by atoms with Gasteiger partial charge in [-0.3, -0.25) is 9.59 Å². The second-order valence-corrected chi connectivity index (χ2v) is 20.1. The predicted molar refractivity (Wildman–Crippen MR) is 240 cm³/mol. The molecule has 0 bridgehead atoms. The number of pyridine rings is 1. The van der Waals surface area contributed by atoms with Crippen LogP contribution in [-0.2, 0) is 9.59 Å². The Labute approximate surface area is 362 Å². The van der Waals surface area contributed by atoms with Gasteiger partial charge in [-0.25, -0.2) is 4.98 Å². The maximum absolute atomic E-state index is 14.0. The normalized spacial score (nSPS) is 15.9. The Morgan fingerprint density at radius 3 is 0.966 bits per heavy atom. The van der Waals surface area contributed by atoms with Crippen molar-refractivity contribution in [3.8, 4) is 0 Å². The van der Waals surface area contributed by atoms with Gasteiger partial charge in [-0.05, 0) is 82.4 Å². The van der Waals surface area contributed by atoms with Crippen LogP contribution in [0.1, 0.15) is 94.5 Å². The number of carbonyl (C=O) groups is 2. The molecule has 0 atom stereocenters. The van der Waals surface area contributed by atoms with E-state index in [1.165, 1.54) is 0 Å². The topological polar surface area (TPSA) is 96.5 Å². The standard InChI is InChI=1S/C47H49Cl4N5O2/c1-44(2,3)28-22-26(23-29(42(28)57)45(4,5)6)38(53-55-40-32(48)16-13-17-33(40)49)36-20-15-21-37(52-36)39(54-56-41-34(50)18-14-19-35(41)51)27-24-30(46(7,8)9)43(58)31(25-27)47(10,11)12/h13-25H,1-12H3. The molecule has 58 heavy (non-hydrogen) atoms. The van der Waals surface area contributed by atoms with E-state index in [-0.39, 0.29) is 22.9 Å². The number of allylic oxidation sites excluding steroid dienone is 10. The highest BCUT2D eigenvalue weighted by Crippen LogP contribution is 2.44. The lowest BCUT2D eigenvalue weighted by Gasteiger charge is -2.31. The summed E-state index contributed by atoms with van der Waals surface area (Å²) in [6.45, 7) is 24.1. The fraction of sp³-hybridized carbons (Fsp3) is 0.340. The van der Waals surface area contributed by atoms with Gasteiger partial charge in [0, 0.05) is 33.4 Å². The van der Waals surface area contributed by atoms with Crippen LogP contribution in [0.25, 0.3) is 11.4 Å². The summed E-state index contributed by atoms with van der Waals surface area (Å²) in [4.78, 5) is 33.2. The van der Waals surface area contributed by atoms with Gasteiger partial charge in [-0.1, -0.05) is 148 Å². The molecule has 7 nitrogen and oxygen atoms in total. The Morgan fingerprint density at radius 1 is 0.448 bits per heavy atom. The number of benzene rings is 2. The first-order valence-electron chi connectivity index (χ1n) is 18.9. The van der Waals surface area contributed by atoms with Crippen molar-refractivity contribution in [1.82, 2.24) is 4.98 Å². The molecule has 1 heterocycles. The Hall–Kier alpha value is -4.27. The van der Waals surface area contributed by atoms with Crippen LogP contribution in [-0.4, -0.2) is 16.6 Å². The molecule has 302 valence electrons. The second-order valence-electron chi connectivity index (χ2n) is 18.4. The third kappa shape index (κ3) is 9.94. The minimum atomic E-state index is -0.499. The number of azo groups is 2. The van der Waals surface area contributed by atoms with Crippen molar-refractivity contribution in [1.29, 1.82) is 0 Å². The Balaban J connectivity index is 1.90. The maximum atomic E-state index is 14.0. The van der Waals surface area contributed by atoms with Crippen molar-refractivity contribution in [2.75, 3.05) is 0 Å². The van der Waals surface area contributed by atoms with Crippen LogP contribution >= 0.6 is 46.4 Å². The second kappa shape index (κ2) is 16.8. The van der Waals surface area contributed by atoms with Gasteiger partial charge < -0.3 is 0 Å². The van der Waals surface area contributed by atoms with Crippen LogP contribution in [0.3, 0.4) is 0 Å². The molecule has 3 aromatic rings. The summed E-state index contributed by atoms with van der Waals surface area (Å²) >= 11 is 26.3. The predicted octanol–water partition coefficient (Wildman–Crippen LogP) is 15.7. The van der Waals surface area contributed by atoms with E-state index in [9.17, 15) is 9.59 Å². The van der Waals surface area contributed by atoms with Crippen LogP contribution in [0.4, 0.5) is 11.4 Å². The summed E-state index contributed by atoms with van der Waals surface area (Å²) in [6.07, 6.45) is 7.43. The number of nitrogens with zero attached hydrogens (tertiary/aromatic N) is 5. The van der Waals surface area contributed by atoms with Crippen LogP contribution in [0.15, 0.2) is 133 Å². The molecule has 0 N–H and O–H groups in total. The number of aromatic nitrogens is 1. The van der Waals surface area contributed by atoms with E-state index in [2.05, 4.69) is 10.2 Å². The molecule has 5 rings (SSSR count). The van der Waals surface area contributed by atoms with Gasteiger partial charge in [0.1, 0.15) is 22.8 Å². The zero-order valence-corrected chi connectivity index (χ0v) is 38.1. The number of halogens is 4. The van der Waals surface area contributed by atoms with E-state index in [0.29, 0.717) is 76.3 Å². The zero-order valence-electron chi connectivity index (χ0n) is 35.1. The lowest BCUT2D eigenvalue weighted by Crippen LogP contribution is -2.28. The van der Waals surface area contributed by atoms with Crippen LogP contribution < -0.4 is 0 Å². The molecule has 0 saturated heterocycles. The third-order valence-corrected chi connectivity index (χ3v) is 10.8. The van der Waals surface area contributed by atoms with Gasteiger partial charge in [0.05, 0.1) is 31.5 Å². The highest BCUT2D eigenvalue weighted by atomic mass is 35.5. The smallest absolute Gasteiger partial charge is 0.186 e. The van der Waals surface area contributed by atoms with Crippen molar-refractivity contribution in [2.45, 2.75) is 83.1 Å². The fourth-order valence-electron chi connectivity index (χ4n) is 6.34. The first-order chi connectivity index (χ1) is 26.8. The summed E-state index contributed by atoms with van der Waals surface area (Å²) in [5.41, 5.74) is 3.85. The minimum Gasteiger partial charge on any atom is -0.289 e. The molecule has 0 unspecified atom stereocenters. The summed E-state index contributed by atoms with van der Waals surface area (Å²) in [7, 11) is 0. The minimum absolute atomic E-state index is 0.0312. The van der Waals surface area contributed by atoms with Crippen LogP contribution in [0.2, 0.25) is 20.1 Å². The fourth-order valence-corrected chi connectivity index (χ4v) is 7.29. The van der Waals surface area contributed by atoms with E-state index in [4.69, 9.17) is 61.6 Å². The molecule has 0 fully saturated rings. The summed E-state index contributed by atoms with van der Waals surface area (Å²) in [5.74, 6) is -0.0624. The average Bonchev–Trinajstić information content (AvgIpc) is 3.09. The van der Waals surface area contributed by atoms with Crippen molar-refractivity contribution < 1.29 is 9.59 Å². The van der Waals surface area contributed by atoms with E-state index >= 15 is 0 Å². The molecule has 11 heteroatoms. The lowest BCUT2D eigenvalue weighted by atomic mass is 9.71. The average molecular weight is 858 g/mol. The third-order valence-electron chi connectivity index (χ3n) is 9.57. The molecule has 0 spiro atoms. The first-order valence-corrected chi connectivity index (χ1v) is 20.5. The van der Waals surface area contributed by atoms with Crippen molar-refractivity contribution in [2.24, 2.45) is 42.1 Å². The highest BCUT2D eigenvalue weighted by molar-refractivity contribution is 6.39. The van der Waals surface area contributed by atoms with Gasteiger partial charge in [-0.15, -0.1) is 20.5 Å². The number of rotatable bonds is 6. The summed E-state index contributed by atoms with van der Waals surface area (Å²) in [5, 5.41) is 20.0. The molecule has 2 aliphatic rings. The highest BCUT2D eigenvalue weighted by Gasteiger charge is 2.36. The first kappa shape index (κ1) is 44.8. The molecule has 0 amide bonds. The van der Waals surface area contributed by atoms with Gasteiger partial charge in [0.25, 0.3) is 0 Å². The summed E-state index contributed by atoms with van der Waals surface area (Å²) in [6, 6.07) is 15.7. The monoisotopic (exact) mass is 855 g/mol. The van der Waals surface area contributed by atoms with Crippen molar-refractivity contribution in [3.05, 3.63) is 144 Å². The molecule has 0 saturated carbocycles. The number of carbonyl (C=O) groups excluding carboxylic acids is 2. The quantitative estimate of drug-likeness (QED) is 0.231. The van der Waals surface area contributed by atoms with Gasteiger partial charge in [-0.2, -0.15) is 0 Å². The SMILES string of the molecule is CC(C)(C)C1=CC(=C(N=Nc2c(Cl)cccc2Cl)c2cccc(C(N=Nc3c(Cl)cccc3Cl)=C3C=C(C(C)(C)C)C(=O)C(C(C)(C)C)=C3)n2)C=C(C(C)(C)C)C1=O. The molecular weight excluding hydrogens is 808 g/mol. The number of hydrogen-bond donors (Lipinski definition) is 0. The van der Waals surface area contributed by atoms with Gasteiger partial charge in [0.15, 0.2) is 11.6 Å². The van der Waals surface area contributed by atoms with Crippen molar-refractivity contribution in [3.63, 3.8) is 0 Å². The van der Waals surface area contributed by atoms with E-state index in [1.54, 1.807) is 36.4 Å². The molecule has 1 aromatic heterocycles. The van der Waals surface area contributed by atoms with E-state index in [1.807, 2.05) is 126 Å². The van der Waals surface area contributed by atoms with Gasteiger partial charge in [0.2, 0.25) is 0 Å². The lowest BCUT2D eigenvalue weighted by molar-refractivity contribution is -0.114. The molecule has 0 radical (unpaired) electrons. The van der Waals surface area contributed by atoms with Crippen LogP contribution in [0, 0.1) is 21.7 Å². The Bertz CT molecular complexity index is 2170. The maximum Gasteiger partial charge on any atom is 0.186 e. The Kier molecular flexibility index (Phi) is 13.0. The summed E-state index contributed by atoms with van der Waals surface area (Å²) < 4.78 is 0. The molecule has 0 aliphatic heterocycles. The molecule has 2 aromatic carbocycles. The zero-order chi connectivity index (χ0) is 43.1. The number of ketones is 2. The largest absolute Gasteiger partial charge is 0.289 e. The van der Waals surface area contributed by atoms with E-state index < -0.39 is 21.7 Å². The van der Waals surface area contributed by atoms with Crippen LogP contribution in [0.5, 0.6) is 0 Å².